The second kappa shape index (κ2) is 6.12. The quantitative estimate of drug-likeness (QED) is 0.339. The third-order valence-corrected chi connectivity index (χ3v) is 3.44. The van der Waals surface area contributed by atoms with Crippen molar-refractivity contribution < 1.29 is 24.0 Å². The number of nitrogens with zero attached hydrogens (tertiary/aromatic N) is 1. The Balaban J connectivity index is 2.08. The number of amides is 2. The molecule has 6 nitrogen and oxygen atoms in total. The average Bonchev–Trinajstić information content (AvgIpc) is 2.78. The van der Waals surface area contributed by atoms with Crippen LogP contribution in [0.3, 0.4) is 0 Å². The molecule has 1 aromatic carbocycles. The molecule has 0 aliphatic carbocycles. The molecule has 0 atom stereocenters. The van der Waals surface area contributed by atoms with Gasteiger partial charge in [-0.05, 0) is 12.1 Å². The Morgan fingerprint density at radius 2 is 1.55 bits per heavy atom. The predicted octanol–water partition coefficient (Wildman–Crippen LogP) is 1.53. The lowest BCUT2D eigenvalue weighted by molar-refractivity contribution is -0.172. The molecule has 1 aliphatic heterocycles. The van der Waals surface area contributed by atoms with Crippen molar-refractivity contribution in [1.82, 2.24) is 5.06 Å². The van der Waals surface area contributed by atoms with E-state index >= 15 is 0 Å². The molecule has 2 rings (SSSR count). The van der Waals surface area contributed by atoms with E-state index in [2.05, 4.69) is 0 Å². The number of hydrogen-bond acceptors (Lipinski definition) is 5. The van der Waals surface area contributed by atoms with Crippen LogP contribution in [0.4, 0.5) is 0 Å². The van der Waals surface area contributed by atoms with Gasteiger partial charge in [0.25, 0.3) is 11.8 Å². The van der Waals surface area contributed by atoms with Crippen molar-refractivity contribution in [2.75, 3.05) is 4.43 Å². The number of Topliss-reactive ketones (excluding diaryl/α,β-unsaturated/α-hetero) is 1. The van der Waals surface area contributed by atoms with Gasteiger partial charge in [0.2, 0.25) is 0 Å². The smallest absolute Gasteiger partial charge is 0.325 e. The third kappa shape index (κ3) is 3.03. The van der Waals surface area contributed by atoms with Crippen molar-refractivity contribution in [3.63, 3.8) is 0 Å². The van der Waals surface area contributed by atoms with Gasteiger partial charge in [0.1, 0.15) is 0 Å². The first-order valence-corrected chi connectivity index (χ1v) is 7.33. The Hall–Kier alpha value is -1.77. The summed E-state index contributed by atoms with van der Waals surface area (Å²) in [5, 5.41) is 0.492. The van der Waals surface area contributed by atoms with E-state index in [4.69, 9.17) is 4.84 Å². The fourth-order valence-electron chi connectivity index (χ4n) is 1.66. The summed E-state index contributed by atoms with van der Waals surface area (Å²) >= 11 is 1.95. The SMILES string of the molecule is O=C(CI)c1ccc(C(=O)ON2C(=O)CCC2=O)cc1. The Morgan fingerprint density at radius 1 is 1.05 bits per heavy atom. The molecule has 2 amide bonds. The highest BCUT2D eigenvalue weighted by atomic mass is 127. The van der Waals surface area contributed by atoms with Crippen LogP contribution in [-0.4, -0.2) is 33.1 Å². The first-order valence-electron chi connectivity index (χ1n) is 5.80. The average molecular weight is 387 g/mol. The van der Waals surface area contributed by atoms with Gasteiger partial charge >= 0.3 is 5.97 Å². The first-order chi connectivity index (χ1) is 9.52. The number of benzene rings is 1. The number of carbonyl (C=O) groups is 4. The van der Waals surface area contributed by atoms with E-state index in [0.29, 0.717) is 15.1 Å². The van der Waals surface area contributed by atoms with E-state index in [0.717, 1.165) is 0 Å². The van der Waals surface area contributed by atoms with Gasteiger partial charge in [-0.3, -0.25) is 14.4 Å². The molecular weight excluding hydrogens is 377 g/mol. The van der Waals surface area contributed by atoms with Crippen molar-refractivity contribution in [1.29, 1.82) is 0 Å². The summed E-state index contributed by atoms with van der Waals surface area (Å²) < 4.78 is 0.346. The van der Waals surface area contributed by atoms with Crippen molar-refractivity contribution in [3.8, 4) is 0 Å². The minimum Gasteiger partial charge on any atom is -0.325 e. The van der Waals surface area contributed by atoms with Crippen molar-refractivity contribution in [2.24, 2.45) is 0 Å². The number of hydroxylamine groups is 2. The lowest BCUT2D eigenvalue weighted by Gasteiger charge is -2.12. The van der Waals surface area contributed by atoms with Gasteiger partial charge in [0, 0.05) is 18.4 Å². The molecule has 0 bridgehead atoms. The predicted molar refractivity (Wildman–Crippen MR) is 76.2 cm³/mol. The summed E-state index contributed by atoms with van der Waals surface area (Å²) in [6.07, 6.45) is 0.102. The fraction of sp³-hybridized carbons (Fsp3) is 0.231. The van der Waals surface area contributed by atoms with Gasteiger partial charge in [-0.25, -0.2) is 4.79 Å². The van der Waals surface area contributed by atoms with E-state index in [9.17, 15) is 19.2 Å². The molecule has 0 aromatic heterocycles. The van der Waals surface area contributed by atoms with Gasteiger partial charge in [-0.2, -0.15) is 0 Å². The zero-order valence-corrected chi connectivity index (χ0v) is 12.5. The Bertz CT molecular complexity index is 565. The number of halogens is 1. The number of carbonyl (C=O) groups excluding carboxylic acids is 4. The summed E-state index contributed by atoms with van der Waals surface area (Å²) in [5.74, 6) is -1.90. The maximum absolute atomic E-state index is 11.8. The zero-order chi connectivity index (χ0) is 14.7. The van der Waals surface area contributed by atoms with Crippen molar-refractivity contribution >= 4 is 46.2 Å². The topological polar surface area (TPSA) is 80.8 Å². The number of rotatable bonds is 4. The molecule has 1 saturated heterocycles. The summed E-state index contributed by atoms with van der Waals surface area (Å²) in [6, 6.07) is 5.86. The van der Waals surface area contributed by atoms with Crippen LogP contribution in [-0.2, 0) is 14.4 Å². The number of imide groups is 1. The Morgan fingerprint density at radius 3 is 2.05 bits per heavy atom. The molecule has 0 N–H and O–H groups in total. The molecule has 1 aromatic rings. The molecule has 0 spiro atoms. The van der Waals surface area contributed by atoms with Gasteiger partial charge in [-0.1, -0.05) is 34.7 Å². The lowest BCUT2D eigenvalue weighted by Crippen LogP contribution is -2.32. The largest absolute Gasteiger partial charge is 0.363 e. The molecule has 0 saturated carbocycles. The van der Waals surface area contributed by atoms with Crippen molar-refractivity contribution in [3.05, 3.63) is 35.4 Å². The Kier molecular flexibility index (Phi) is 4.48. The second-order valence-corrected chi connectivity index (χ2v) is 4.86. The summed E-state index contributed by atoms with van der Waals surface area (Å²) in [7, 11) is 0. The molecule has 0 unspecified atom stereocenters. The minimum atomic E-state index is -0.804. The van der Waals surface area contributed by atoms with Gasteiger partial charge < -0.3 is 4.84 Å². The molecule has 1 aliphatic rings. The molecule has 0 radical (unpaired) electrons. The van der Waals surface area contributed by atoms with Crippen LogP contribution >= 0.6 is 22.6 Å². The summed E-state index contributed by atoms with van der Waals surface area (Å²) in [5.41, 5.74) is 0.659. The van der Waals surface area contributed by atoms with Crippen LogP contribution < -0.4 is 0 Å². The Labute approximate surface area is 128 Å². The second-order valence-electron chi connectivity index (χ2n) is 4.09. The van der Waals surface area contributed by atoms with Crippen molar-refractivity contribution in [2.45, 2.75) is 12.8 Å². The van der Waals surface area contributed by atoms with Crippen LogP contribution in [0.1, 0.15) is 33.6 Å². The van der Waals surface area contributed by atoms with E-state index in [1.165, 1.54) is 24.3 Å². The number of ketones is 1. The zero-order valence-electron chi connectivity index (χ0n) is 10.3. The van der Waals surface area contributed by atoms with Gasteiger partial charge in [0.15, 0.2) is 5.78 Å². The summed E-state index contributed by atoms with van der Waals surface area (Å²) in [6.45, 7) is 0. The van der Waals surface area contributed by atoms with Crippen LogP contribution in [0.15, 0.2) is 24.3 Å². The molecule has 20 heavy (non-hydrogen) atoms. The normalized spacial score (nSPS) is 14.6. The number of alkyl halides is 1. The van der Waals surface area contributed by atoms with Gasteiger partial charge in [0.05, 0.1) is 9.99 Å². The van der Waals surface area contributed by atoms with Crippen LogP contribution in [0, 0.1) is 0 Å². The third-order valence-electron chi connectivity index (χ3n) is 2.74. The standard InChI is InChI=1S/C13H10INO5/c14-7-10(16)8-1-3-9(4-2-8)13(19)20-15-11(17)5-6-12(15)18/h1-4H,5-7H2. The van der Waals surface area contributed by atoms with E-state index in [-0.39, 0.29) is 24.2 Å². The van der Waals surface area contributed by atoms with E-state index < -0.39 is 17.8 Å². The minimum absolute atomic E-state index is 0.0459. The highest BCUT2D eigenvalue weighted by molar-refractivity contribution is 14.1. The van der Waals surface area contributed by atoms with Gasteiger partial charge in [-0.15, -0.1) is 5.06 Å². The maximum Gasteiger partial charge on any atom is 0.363 e. The lowest BCUT2D eigenvalue weighted by atomic mass is 10.1. The molecule has 1 fully saturated rings. The van der Waals surface area contributed by atoms with Crippen LogP contribution in [0.2, 0.25) is 0 Å². The fourth-order valence-corrected chi connectivity index (χ4v) is 2.10. The molecule has 7 heteroatoms. The van der Waals surface area contributed by atoms with E-state index in [1.54, 1.807) is 0 Å². The van der Waals surface area contributed by atoms with Crippen LogP contribution in [0.25, 0.3) is 0 Å². The number of hydrogen-bond donors (Lipinski definition) is 0. The monoisotopic (exact) mass is 387 g/mol. The highest BCUT2D eigenvalue weighted by Crippen LogP contribution is 2.15. The molecule has 1 heterocycles. The molecular formula is C13H10INO5. The summed E-state index contributed by atoms with van der Waals surface area (Å²) in [4.78, 5) is 50.6. The van der Waals surface area contributed by atoms with Crippen LogP contribution in [0.5, 0.6) is 0 Å². The van der Waals surface area contributed by atoms with E-state index in [1.807, 2.05) is 22.6 Å². The maximum atomic E-state index is 11.8. The molecule has 104 valence electrons. The first kappa shape index (κ1) is 14.6. The highest BCUT2D eigenvalue weighted by Gasteiger charge is 2.33.